The summed E-state index contributed by atoms with van der Waals surface area (Å²) in [7, 11) is 1.74. The number of rotatable bonds is 2. The van der Waals surface area contributed by atoms with Crippen LogP contribution in [0, 0.1) is 5.92 Å². The first-order chi connectivity index (χ1) is 6.66. The monoisotopic (exact) mass is 190 g/mol. The Morgan fingerprint density at radius 2 is 2.14 bits per heavy atom. The third-order valence-electron chi connectivity index (χ3n) is 2.76. The highest BCUT2D eigenvalue weighted by Crippen LogP contribution is 2.23. The molecule has 0 N–H and O–H groups in total. The Morgan fingerprint density at radius 1 is 1.43 bits per heavy atom. The lowest BCUT2D eigenvalue weighted by Crippen LogP contribution is -2.15. The summed E-state index contributed by atoms with van der Waals surface area (Å²) in [6.45, 7) is 6.40. The molecule has 0 bridgehead atoms. The van der Waals surface area contributed by atoms with Crippen molar-refractivity contribution in [3.05, 3.63) is 41.2 Å². The van der Waals surface area contributed by atoms with E-state index in [-0.39, 0.29) is 6.10 Å². The number of hydrogen-bond donors (Lipinski definition) is 0. The van der Waals surface area contributed by atoms with E-state index in [1.165, 1.54) is 11.1 Å². The van der Waals surface area contributed by atoms with Gasteiger partial charge >= 0.3 is 0 Å². The van der Waals surface area contributed by atoms with Crippen LogP contribution in [-0.2, 0) is 4.74 Å². The first-order valence-corrected chi connectivity index (χ1v) is 4.99. The van der Waals surface area contributed by atoms with Gasteiger partial charge in [0.15, 0.2) is 0 Å². The molecule has 1 heteroatoms. The maximum absolute atomic E-state index is 5.33. The summed E-state index contributed by atoms with van der Waals surface area (Å²) < 4.78 is 5.33. The molecule has 0 aromatic rings. The Morgan fingerprint density at radius 3 is 2.79 bits per heavy atom. The summed E-state index contributed by atoms with van der Waals surface area (Å²) in [5.41, 5.74) is 5.85. The number of methoxy groups -OCH3 is 1. The van der Waals surface area contributed by atoms with E-state index in [9.17, 15) is 0 Å². The molecule has 1 rings (SSSR count). The van der Waals surface area contributed by atoms with Crippen LogP contribution in [0.1, 0.15) is 20.8 Å². The zero-order chi connectivity index (χ0) is 10.6. The van der Waals surface area contributed by atoms with Crippen LogP contribution in [0.2, 0.25) is 0 Å². The van der Waals surface area contributed by atoms with Crippen LogP contribution in [0.4, 0.5) is 0 Å². The smallest absolute Gasteiger partial charge is 0.0832 e. The van der Waals surface area contributed by atoms with Crippen LogP contribution < -0.4 is 0 Å². The standard InChI is InChI=1S/C13H18O/c1-10-8-6-5-7-9-13(11(10)2)12(3)14-4/h5-8,11-12H,1-4H3. The molecular weight excluding hydrogens is 172 g/mol. The quantitative estimate of drug-likeness (QED) is 0.607. The molecule has 0 amide bonds. The highest BCUT2D eigenvalue weighted by Gasteiger charge is 2.16. The van der Waals surface area contributed by atoms with Gasteiger partial charge in [-0.25, -0.2) is 0 Å². The zero-order valence-corrected chi connectivity index (χ0v) is 9.37. The van der Waals surface area contributed by atoms with Crippen molar-refractivity contribution in [1.29, 1.82) is 0 Å². The van der Waals surface area contributed by atoms with E-state index in [4.69, 9.17) is 4.74 Å². The molecule has 0 aliphatic heterocycles. The molecule has 2 unspecified atom stereocenters. The summed E-state index contributed by atoms with van der Waals surface area (Å²) in [5, 5.41) is 0. The highest BCUT2D eigenvalue weighted by molar-refractivity contribution is 5.28. The second-order valence-electron chi connectivity index (χ2n) is 3.66. The van der Waals surface area contributed by atoms with Gasteiger partial charge < -0.3 is 4.74 Å². The van der Waals surface area contributed by atoms with Crippen molar-refractivity contribution in [2.45, 2.75) is 26.9 Å². The van der Waals surface area contributed by atoms with E-state index >= 15 is 0 Å². The van der Waals surface area contributed by atoms with Gasteiger partial charge in [0.05, 0.1) is 6.10 Å². The molecule has 0 fully saturated rings. The van der Waals surface area contributed by atoms with E-state index < -0.39 is 0 Å². The molecule has 0 aromatic carbocycles. The average molecular weight is 190 g/mol. The molecular formula is C13H18O. The largest absolute Gasteiger partial charge is 0.377 e. The van der Waals surface area contributed by atoms with Crippen molar-refractivity contribution in [3.63, 3.8) is 0 Å². The Hall–Kier alpha value is -1.04. The fourth-order valence-electron chi connectivity index (χ4n) is 1.52. The maximum Gasteiger partial charge on any atom is 0.0832 e. The fraction of sp³-hybridized carbons (Fsp3) is 0.462. The Labute approximate surface area is 86.5 Å². The van der Waals surface area contributed by atoms with Gasteiger partial charge in [-0.15, -0.1) is 5.73 Å². The van der Waals surface area contributed by atoms with E-state index in [1.807, 2.05) is 18.2 Å². The zero-order valence-electron chi connectivity index (χ0n) is 9.37. The lowest BCUT2D eigenvalue weighted by molar-refractivity contribution is 0.140. The first kappa shape index (κ1) is 11.0. The summed E-state index contributed by atoms with van der Waals surface area (Å²) in [6, 6.07) is 0. The van der Waals surface area contributed by atoms with Gasteiger partial charge in [-0.3, -0.25) is 0 Å². The van der Waals surface area contributed by atoms with Gasteiger partial charge in [0.2, 0.25) is 0 Å². The van der Waals surface area contributed by atoms with Crippen LogP contribution in [-0.4, -0.2) is 13.2 Å². The number of allylic oxidation sites excluding steroid dienone is 4. The van der Waals surface area contributed by atoms with Crippen molar-refractivity contribution in [1.82, 2.24) is 0 Å². The third kappa shape index (κ3) is 2.47. The minimum atomic E-state index is 0.135. The van der Waals surface area contributed by atoms with Crippen LogP contribution >= 0.6 is 0 Å². The molecule has 0 saturated heterocycles. The van der Waals surface area contributed by atoms with E-state index in [1.54, 1.807) is 7.11 Å². The summed E-state index contributed by atoms with van der Waals surface area (Å²) >= 11 is 0. The molecule has 0 spiro atoms. The Kier molecular flexibility index (Phi) is 3.94. The molecule has 14 heavy (non-hydrogen) atoms. The van der Waals surface area contributed by atoms with Gasteiger partial charge in [-0.2, -0.15) is 0 Å². The molecule has 1 aliphatic rings. The summed E-state index contributed by atoms with van der Waals surface area (Å²) in [6.07, 6.45) is 8.27. The van der Waals surface area contributed by atoms with E-state index in [2.05, 4.69) is 32.6 Å². The normalized spacial score (nSPS) is 23.6. The number of hydrogen-bond acceptors (Lipinski definition) is 1. The van der Waals surface area contributed by atoms with E-state index in [0.29, 0.717) is 5.92 Å². The minimum Gasteiger partial charge on any atom is -0.377 e. The first-order valence-electron chi connectivity index (χ1n) is 4.99. The van der Waals surface area contributed by atoms with Gasteiger partial charge in [-0.05, 0) is 19.9 Å². The molecule has 0 heterocycles. The fourth-order valence-corrected chi connectivity index (χ4v) is 1.52. The summed E-state index contributed by atoms with van der Waals surface area (Å²) in [5.74, 6) is 0.408. The average Bonchev–Trinajstić information content (AvgIpc) is 2.19. The molecule has 0 aromatic heterocycles. The van der Waals surface area contributed by atoms with Crippen molar-refractivity contribution >= 4 is 0 Å². The highest BCUT2D eigenvalue weighted by atomic mass is 16.5. The SMILES string of the molecule is COC(C)C1=C=CC=CC=C(C)C1C. The van der Waals surface area contributed by atoms with Crippen LogP contribution in [0.5, 0.6) is 0 Å². The van der Waals surface area contributed by atoms with Crippen molar-refractivity contribution in [2.75, 3.05) is 7.11 Å². The predicted octanol–water partition coefficient (Wildman–Crippen LogP) is 3.26. The lowest BCUT2D eigenvalue weighted by atomic mass is 9.90. The number of ether oxygens (including phenoxy) is 1. The molecule has 0 saturated carbocycles. The lowest BCUT2D eigenvalue weighted by Gasteiger charge is -2.20. The van der Waals surface area contributed by atoms with Crippen molar-refractivity contribution in [2.24, 2.45) is 5.92 Å². The molecule has 2 atom stereocenters. The van der Waals surface area contributed by atoms with Crippen molar-refractivity contribution < 1.29 is 4.74 Å². The Balaban J connectivity index is 3.05. The Bertz CT molecular complexity index is 314. The molecule has 76 valence electrons. The van der Waals surface area contributed by atoms with Crippen LogP contribution in [0.15, 0.2) is 41.2 Å². The topological polar surface area (TPSA) is 9.23 Å². The molecule has 1 aliphatic carbocycles. The second-order valence-corrected chi connectivity index (χ2v) is 3.66. The van der Waals surface area contributed by atoms with E-state index in [0.717, 1.165) is 0 Å². The molecule has 0 radical (unpaired) electrons. The minimum absolute atomic E-state index is 0.135. The van der Waals surface area contributed by atoms with Crippen molar-refractivity contribution in [3.8, 4) is 0 Å². The van der Waals surface area contributed by atoms with Crippen LogP contribution in [0.3, 0.4) is 0 Å². The van der Waals surface area contributed by atoms with Crippen LogP contribution in [0.25, 0.3) is 0 Å². The molecule has 1 nitrogen and oxygen atoms in total. The van der Waals surface area contributed by atoms with Gasteiger partial charge in [0.1, 0.15) is 0 Å². The summed E-state index contributed by atoms with van der Waals surface area (Å²) in [4.78, 5) is 0. The maximum atomic E-state index is 5.33. The van der Waals surface area contributed by atoms with Gasteiger partial charge in [-0.1, -0.05) is 30.7 Å². The van der Waals surface area contributed by atoms with Gasteiger partial charge in [0.25, 0.3) is 0 Å². The predicted molar refractivity (Wildman–Crippen MR) is 60.1 cm³/mol. The second kappa shape index (κ2) is 4.99. The van der Waals surface area contributed by atoms with Gasteiger partial charge in [0, 0.05) is 18.6 Å². The third-order valence-corrected chi connectivity index (χ3v) is 2.76.